The maximum absolute atomic E-state index is 13.7. The lowest BCUT2D eigenvalue weighted by atomic mass is 9.93. The molecule has 11 heteroatoms. The fraction of sp³-hybridized carbons (Fsp3) is 0.455. The minimum atomic E-state index is -2.22. The van der Waals surface area contributed by atoms with Crippen LogP contribution < -0.4 is 5.32 Å². The number of esters is 3. The summed E-state index contributed by atoms with van der Waals surface area (Å²) in [4.78, 5) is 52.0. The van der Waals surface area contributed by atoms with Crippen molar-refractivity contribution in [3.63, 3.8) is 0 Å². The van der Waals surface area contributed by atoms with E-state index in [-0.39, 0.29) is 22.9 Å². The van der Waals surface area contributed by atoms with Gasteiger partial charge in [0.1, 0.15) is 6.61 Å². The third kappa shape index (κ3) is 5.10. The lowest BCUT2D eigenvalue weighted by Gasteiger charge is -2.40. The van der Waals surface area contributed by atoms with E-state index in [9.17, 15) is 19.2 Å². The van der Waals surface area contributed by atoms with E-state index in [0.29, 0.717) is 18.5 Å². The molecule has 3 rings (SSSR count). The Hall–Kier alpha value is -2.76. The van der Waals surface area contributed by atoms with E-state index in [1.165, 1.54) is 0 Å². The highest BCUT2D eigenvalue weighted by Gasteiger charge is 2.66. The third-order valence-electron chi connectivity index (χ3n) is 5.36. The highest BCUT2D eigenvalue weighted by Crippen LogP contribution is 2.35. The molecule has 0 unspecified atom stereocenters. The second kappa shape index (κ2) is 10.4. The van der Waals surface area contributed by atoms with Crippen LogP contribution in [-0.2, 0) is 40.0 Å². The van der Waals surface area contributed by atoms with Crippen molar-refractivity contribution in [1.82, 2.24) is 10.2 Å². The van der Waals surface area contributed by atoms with Crippen LogP contribution in [0.3, 0.4) is 0 Å². The van der Waals surface area contributed by atoms with Crippen LogP contribution in [0.5, 0.6) is 0 Å². The molecule has 2 heterocycles. The number of nitrogens with zero attached hydrogens (tertiary/aromatic N) is 1. The first-order valence-electron chi connectivity index (χ1n) is 10.4. The number of amides is 1. The summed E-state index contributed by atoms with van der Waals surface area (Å²) in [5.41, 5.74) is -1.54. The SMILES string of the molecule is CC(=O)OC(OC(C)=O)[C@]1(C(=O)OCc2ccccc2)C(=S)C(=S)CN1C(=O)[C@@H]1CCCN1. The second-order valence-electron chi connectivity index (χ2n) is 7.70. The molecule has 0 bridgehead atoms. The predicted molar refractivity (Wildman–Crippen MR) is 124 cm³/mol. The summed E-state index contributed by atoms with van der Waals surface area (Å²) in [6, 6.07) is 8.26. The molecule has 2 fully saturated rings. The van der Waals surface area contributed by atoms with Crippen molar-refractivity contribution in [2.24, 2.45) is 0 Å². The molecule has 0 spiro atoms. The van der Waals surface area contributed by atoms with E-state index in [1.54, 1.807) is 24.3 Å². The molecule has 1 aromatic carbocycles. The molecule has 0 radical (unpaired) electrons. The summed E-state index contributed by atoms with van der Waals surface area (Å²) < 4.78 is 16.0. The van der Waals surface area contributed by atoms with Crippen LogP contribution >= 0.6 is 24.4 Å². The maximum Gasteiger partial charge on any atom is 0.346 e. The van der Waals surface area contributed by atoms with Crippen LogP contribution in [0.2, 0.25) is 0 Å². The number of benzene rings is 1. The average Bonchev–Trinajstić information content (AvgIpc) is 3.39. The Morgan fingerprint density at radius 3 is 2.30 bits per heavy atom. The van der Waals surface area contributed by atoms with Gasteiger partial charge >= 0.3 is 17.9 Å². The number of likely N-dealkylation sites (tertiary alicyclic amines) is 1. The van der Waals surface area contributed by atoms with E-state index in [1.807, 2.05) is 6.07 Å². The molecule has 1 amide bonds. The number of hydrogen-bond donors (Lipinski definition) is 1. The molecule has 33 heavy (non-hydrogen) atoms. The molecule has 9 nitrogen and oxygen atoms in total. The first kappa shape index (κ1) is 24.9. The van der Waals surface area contributed by atoms with E-state index >= 15 is 0 Å². The Kier molecular flexibility index (Phi) is 7.88. The van der Waals surface area contributed by atoms with E-state index in [0.717, 1.165) is 25.2 Å². The van der Waals surface area contributed by atoms with Crippen LogP contribution in [0.4, 0.5) is 0 Å². The number of nitrogens with one attached hydrogen (secondary N) is 1. The first-order valence-corrected chi connectivity index (χ1v) is 11.2. The molecule has 2 atom stereocenters. The van der Waals surface area contributed by atoms with E-state index < -0.39 is 41.7 Å². The van der Waals surface area contributed by atoms with Crippen LogP contribution in [-0.4, -0.2) is 69.4 Å². The smallest absolute Gasteiger partial charge is 0.346 e. The molecule has 1 aromatic rings. The minimum Gasteiger partial charge on any atom is -0.459 e. The average molecular weight is 493 g/mol. The quantitative estimate of drug-likeness (QED) is 0.339. The largest absolute Gasteiger partial charge is 0.459 e. The molecular formula is C22H24N2O7S2. The van der Waals surface area contributed by atoms with Crippen LogP contribution in [0.15, 0.2) is 30.3 Å². The zero-order valence-corrected chi connectivity index (χ0v) is 19.8. The van der Waals surface area contributed by atoms with Crippen molar-refractivity contribution in [2.75, 3.05) is 13.1 Å². The molecule has 176 valence electrons. The van der Waals surface area contributed by atoms with Gasteiger partial charge in [-0.15, -0.1) is 0 Å². The van der Waals surface area contributed by atoms with Crippen molar-refractivity contribution in [3.8, 4) is 0 Å². The topological polar surface area (TPSA) is 111 Å². The molecule has 0 saturated carbocycles. The molecular weight excluding hydrogens is 468 g/mol. The van der Waals surface area contributed by atoms with Crippen molar-refractivity contribution < 1.29 is 33.4 Å². The molecule has 2 saturated heterocycles. The van der Waals surface area contributed by atoms with Crippen LogP contribution in [0.25, 0.3) is 0 Å². The molecule has 2 aliphatic heterocycles. The second-order valence-corrected chi connectivity index (χ2v) is 8.61. The molecule has 2 aliphatic rings. The van der Waals surface area contributed by atoms with Crippen molar-refractivity contribution in [3.05, 3.63) is 35.9 Å². The lowest BCUT2D eigenvalue weighted by Crippen LogP contribution is -2.68. The summed E-state index contributed by atoms with van der Waals surface area (Å²) in [6.45, 7) is 2.47. The van der Waals surface area contributed by atoms with Gasteiger partial charge in [-0.2, -0.15) is 0 Å². The Balaban J connectivity index is 2.07. The summed E-state index contributed by atoms with van der Waals surface area (Å²) in [5.74, 6) is -3.17. The number of carbonyl (C=O) groups is 4. The molecule has 0 aliphatic carbocycles. The zero-order valence-electron chi connectivity index (χ0n) is 18.2. The van der Waals surface area contributed by atoms with Gasteiger partial charge in [0.05, 0.1) is 22.3 Å². The number of hydrogen-bond acceptors (Lipinski definition) is 10. The normalized spacial score (nSPS) is 22.4. The van der Waals surface area contributed by atoms with E-state index in [4.69, 9.17) is 38.6 Å². The van der Waals surface area contributed by atoms with Crippen LogP contribution in [0.1, 0.15) is 32.3 Å². The first-order chi connectivity index (χ1) is 15.7. The Morgan fingerprint density at radius 1 is 1.12 bits per heavy atom. The Bertz CT molecular complexity index is 962. The van der Waals surface area contributed by atoms with Crippen molar-refractivity contribution in [2.45, 2.75) is 51.2 Å². The number of carbonyl (C=O) groups excluding carboxylic acids is 4. The lowest BCUT2D eigenvalue weighted by molar-refractivity contribution is -0.211. The molecule has 0 aromatic heterocycles. The van der Waals surface area contributed by atoms with Gasteiger partial charge in [0.2, 0.25) is 5.91 Å². The third-order valence-corrected chi connectivity index (χ3v) is 6.38. The van der Waals surface area contributed by atoms with Gasteiger partial charge in [-0.25, -0.2) is 4.79 Å². The standard InChI is InChI=1S/C22H24N2O7S2/c1-13(25)30-21(31-14(2)26)22(20(28)29-12-15-7-4-3-5-8-15)18(33)17(32)11-24(22)19(27)16-9-6-10-23-16/h3-5,7-8,16,21,23H,6,9-12H2,1-2H3/t16-,22+/m0/s1. The maximum atomic E-state index is 13.7. The number of rotatable bonds is 7. The van der Waals surface area contributed by atoms with Gasteiger partial charge < -0.3 is 24.4 Å². The summed E-state index contributed by atoms with van der Waals surface area (Å²) in [7, 11) is 0. The summed E-state index contributed by atoms with van der Waals surface area (Å²) >= 11 is 10.9. The zero-order chi connectivity index (χ0) is 24.2. The van der Waals surface area contributed by atoms with Crippen LogP contribution in [0, 0.1) is 0 Å². The Morgan fingerprint density at radius 2 is 1.76 bits per heavy atom. The van der Waals surface area contributed by atoms with Gasteiger partial charge in [-0.1, -0.05) is 54.8 Å². The summed E-state index contributed by atoms with van der Waals surface area (Å²) in [6.07, 6.45) is -0.563. The van der Waals surface area contributed by atoms with Gasteiger partial charge in [-0.05, 0) is 24.9 Å². The Labute approximate surface area is 201 Å². The highest BCUT2D eigenvalue weighted by atomic mass is 32.1. The van der Waals surface area contributed by atoms with Gasteiger partial charge in [0.25, 0.3) is 11.8 Å². The van der Waals surface area contributed by atoms with Gasteiger partial charge in [0, 0.05) is 13.8 Å². The van der Waals surface area contributed by atoms with E-state index in [2.05, 4.69) is 5.32 Å². The fourth-order valence-electron chi connectivity index (χ4n) is 3.87. The monoisotopic (exact) mass is 492 g/mol. The fourth-order valence-corrected chi connectivity index (χ4v) is 4.51. The molecule has 1 N–H and O–H groups in total. The van der Waals surface area contributed by atoms with Gasteiger partial charge in [0.15, 0.2) is 0 Å². The van der Waals surface area contributed by atoms with Gasteiger partial charge in [-0.3, -0.25) is 14.4 Å². The van der Waals surface area contributed by atoms with Crippen molar-refractivity contribution in [1.29, 1.82) is 0 Å². The minimum absolute atomic E-state index is 0.123. The summed E-state index contributed by atoms with van der Waals surface area (Å²) in [5, 5.41) is 3.07. The highest BCUT2D eigenvalue weighted by molar-refractivity contribution is 7.89. The number of thiocarbonyl (C=S) groups is 2. The predicted octanol–water partition coefficient (Wildman–Crippen LogP) is 1.25. The van der Waals surface area contributed by atoms with Crippen molar-refractivity contribution >= 4 is 58.0 Å². The number of ether oxygens (including phenoxy) is 3.